The minimum atomic E-state index is 0.495. The molecule has 4 N–H and O–H groups in total. The third-order valence-electron chi connectivity index (χ3n) is 0.930. The maximum atomic E-state index is 5.10. The number of H-pyrrole nitrogens is 2. The number of nitrogen functional groups attached to an aromatic ring is 1. The fourth-order valence-electron chi connectivity index (χ4n) is 0.484. The zero-order valence-corrected chi connectivity index (χ0v) is 5.86. The molecule has 0 aliphatic rings. The highest BCUT2D eigenvalue weighted by atomic mass is 15.3. The van der Waals surface area contributed by atoms with E-state index < -0.39 is 0 Å². The number of rotatable bonds is 0. The van der Waals surface area contributed by atoms with Crippen molar-refractivity contribution in [2.24, 2.45) is 0 Å². The van der Waals surface area contributed by atoms with Crippen LogP contribution in [0.4, 0.5) is 5.82 Å². The van der Waals surface area contributed by atoms with Crippen molar-refractivity contribution in [3.63, 3.8) is 0 Å². The number of hydrogen-bond acceptors (Lipinski definition) is 3. The largest absolute Gasteiger partial charge is 0.383 e. The first-order valence-electron chi connectivity index (χ1n) is 3.09. The predicted octanol–water partition coefficient (Wildman–Crippen LogP) is 0.402. The van der Waals surface area contributed by atoms with Gasteiger partial charge in [-0.2, -0.15) is 0 Å². The number of aromatic amines is 2. The summed E-state index contributed by atoms with van der Waals surface area (Å²) in [5.74, 6) is 0.495. The first-order valence-corrected chi connectivity index (χ1v) is 3.09. The molecule has 0 atom stereocenters. The van der Waals surface area contributed by atoms with Crippen LogP contribution in [0.1, 0.15) is 0 Å². The molecule has 0 amide bonds. The van der Waals surface area contributed by atoms with E-state index in [1.165, 1.54) is 6.20 Å². The van der Waals surface area contributed by atoms with Crippen molar-refractivity contribution in [2.75, 3.05) is 5.73 Å². The second-order valence-corrected chi connectivity index (χ2v) is 1.80. The highest BCUT2D eigenvalue weighted by molar-refractivity contribution is 5.18. The number of hydrogen-bond donors (Lipinski definition) is 3. The van der Waals surface area contributed by atoms with Gasteiger partial charge in [0.05, 0.1) is 6.20 Å². The number of aromatic nitrogens is 4. The Morgan fingerprint density at radius 1 is 1.27 bits per heavy atom. The van der Waals surface area contributed by atoms with Crippen molar-refractivity contribution in [1.82, 2.24) is 20.4 Å². The Kier molecular flexibility index (Phi) is 2.73. The van der Waals surface area contributed by atoms with Crippen LogP contribution in [0.5, 0.6) is 0 Å². The molecule has 0 saturated carbocycles. The molecule has 0 aliphatic carbocycles. The molecule has 5 heteroatoms. The first-order chi connectivity index (χ1) is 5.39. The number of nitrogens with zero attached hydrogens (tertiary/aromatic N) is 2. The summed E-state index contributed by atoms with van der Waals surface area (Å²) in [4.78, 5) is 2.86. The smallest absolute Gasteiger partial charge is 0.139 e. The van der Waals surface area contributed by atoms with Crippen LogP contribution in [0.2, 0.25) is 0 Å². The van der Waals surface area contributed by atoms with Crippen molar-refractivity contribution in [2.45, 2.75) is 0 Å². The van der Waals surface area contributed by atoms with E-state index in [-0.39, 0.29) is 0 Å². The molecule has 0 aliphatic heterocycles. The lowest BCUT2D eigenvalue weighted by molar-refractivity contribution is 0.943. The first kappa shape index (κ1) is 7.33. The Morgan fingerprint density at radius 3 is 2.18 bits per heavy atom. The van der Waals surface area contributed by atoms with E-state index in [0.29, 0.717) is 5.82 Å². The number of anilines is 1. The summed E-state index contributed by atoms with van der Waals surface area (Å²) in [6.07, 6.45) is 5.19. The number of nitrogens with one attached hydrogen (secondary N) is 2. The van der Waals surface area contributed by atoms with Crippen molar-refractivity contribution in [3.8, 4) is 0 Å². The minimum Gasteiger partial charge on any atom is -0.383 e. The Hall–Kier alpha value is -1.78. The van der Waals surface area contributed by atoms with Gasteiger partial charge in [-0.25, -0.2) is 5.10 Å². The normalized spacial score (nSPS) is 8.36. The SMILES string of the molecule is Nc1cnn[nH]1.c1cc[nH]c1. The molecule has 0 saturated heterocycles. The van der Waals surface area contributed by atoms with E-state index in [1.54, 1.807) is 0 Å². The Labute approximate surface area is 63.6 Å². The van der Waals surface area contributed by atoms with Crippen LogP contribution in [0.3, 0.4) is 0 Å². The van der Waals surface area contributed by atoms with E-state index in [0.717, 1.165) is 0 Å². The third kappa shape index (κ3) is 3.04. The van der Waals surface area contributed by atoms with Gasteiger partial charge in [0.2, 0.25) is 0 Å². The van der Waals surface area contributed by atoms with E-state index in [2.05, 4.69) is 20.4 Å². The van der Waals surface area contributed by atoms with Gasteiger partial charge in [0.25, 0.3) is 0 Å². The maximum absolute atomic E-state index is 5.10. The van der Waals surface area contributed by atoms with Crippen LogP contribution >= 0.6 is 0 Å². The molecule has 5 nitrogen and oxygen atoms in total. The van der Waals surface area contributed by atoms with Crippen LogP contribution in [-0.4, -0.2) is 20.4 Å². The van der Waals surface area contributed by atoms with Crippen molar-refractivity contribution < 1.29 is 0 Å². The average molecular weight is 151 g/mol. The third-order valence-corrected chi connectivity index (χ3v) is 0.930. The second-order valence-electron chi connectivity index (χ2n) is 1.80. The molecule has 2 rings (SSSR count). The summed E-state index contributed by atoms with van der Waals surface area (Å²) < 4.78 is 0. The fourth-order valence-corrected chi connectivity index (χ4v) is 0.484. The highest BCUT2D eigenvalue weighted by Crippen LogP contribution is 1.81. The van der Waals surface area contributed by atoms with E-state index in [9.17, 15) is 0 Å². The van der Waals surface area contributed by atoms with Gasteiger partial charge in [-0.05, 0) is 12.1 Å². The molecule has 0 spiro atoms. The summed E-state index contributed by atoms with van der Waals surface area (Å²) in [6, 6.07) is 3.89. The summed E-state index contributed by atoms with van der Waals surface area (Å²) in [5, 5.41) is 9.13. The van der Waals surface area contributed by atoms with E-state index >= 15 is 0 Å². The molecule has 11 heavy (non-hydrogen) atoms. The molecular formula is C6H9N5. The van der Waals surface area contributed by atoms with Gasteiger partial charge in [-0.15, -0.1) is 5.10 Å². The van der Waals surface area contributed by atoms with Gasteiger partial charge in [-0.1, -0.05) is 5.21 Å². The summed E-state index contributed by atoms with van der Waals surface area (Å²) in [7, 11) is 0. The van der Waals surface area contributed by atoms with Gasteiger partial charge in [-0.3, -0.25) is 0 Å². The molecule has 0 radical (unpaired) electrons. The molecule has 0 bridgehead atoms. The van der Waals surface area contributed by atoms with Gasteiger partial charge >= 0.3 is 0 Å². The van der Waals surface area contributed by atoms with E-state index in [4.69, 9.17) is 5.73 Å². The van der Waals surface area contributed by atoms with Crippen molar-refractivity contribution >= 4 is 5.82 Å². The van der Waals surface area contributed by atoms with Crippen molar-refractivity contribution in [1.29, 1.82) is 0 Å². The fraction of sp³-hybridized carbons (Fsp3) is 0. The predicted molar refractivity (Wildman–Crippen MR) is 41.6 cm³/mol. The van der Waals surface area contributed by atoms with Gasteiger partial charge in [0.15, 0.2) is 0 Å². The van der Waals surface area contributed by atoms with Gasteiger partial charge in [0.1, 0.15) is 5.82 Å². The van der Waals surface area contributed by atoms with Gasteiger partial charge < -0.3 is 10.7 Å². The van der Waals surface area contributed by atoms with Gasteiger partial charge in [0, 0.05) is 12.4 Å². The highest BCUT2D eigenvalue weighted by Gasteiger charge is 1.75. The number of nitrogens with two attached hydrogens (primary N) is 1. The summed E-state index contributed by atoms with van der Waals surface area (Å²) in [6.45, 7) is 0. The van der Waals surface area contributed by atoms with Crippen molar-refractivity contribution in [3.05, 3.63) is 30.7 Å². The lowest BCUT2D eigenvalue weighted by Gasteiger charge is -1.67. The van der Waals surface area contributed by atoms with Crippen LogP contribution in [0, 0.1) is 0 Å². The molecule has 58 valence electrons. The zero-order chi connectivity index (χ0) is 7.94. The molecular weight excluding hydrogens is 142 g/mol. The molecule has 2 aromatic rings. The molecule has 0 unspecified atom stereocenters. The standard InChI is InChI=1S/C4H5N.C2H4N4/c1-2-4-5-3-1;3-2-1-4-6-5-2/h1-5H;1H,(H3,3,4,5,6). The Morgan fingerprint density at radius 2 is 2.00 bits per heavy atom. The molecule has 0 fully saturated rings. The topological polar surface area (TPSA) is 83.4 Å². The van der Waals surface area contributed by atoms with Crippen LogP contribution in [-0.2, 0) is 0 Å². The second kappa shape index (κ2) is 4.10. The zero-order valence-electron chi connectivity index (χ0n) is 5.86. The molecule has 2 aromatic heterocycles. The lowest BCUT2D eigenvalue weighted by Crippen LogP contribution is -1.81. The maximum Gasteiger partial charge on any atom is 0.139 e. The molecule has 2 heterocycles. The quantitative estimate of drug-likeness (QED) is 0.509. The lowest BCUT2D eigenvalue weighted by atomic mass is 10.7. The van der Waals surface area contributed by atoms with Crippen LogP contribution in [0.25, 0.3) is 0 Å². The minimum absolute atomic E-state index is 0.495. The summed E-state index contributed by atoms with van der Waals surface area (Å²) in [5.41, 5.74) is 5.10. The van der Waals surface area contributed by atoms with Crippen LogP contribution in [0.15, 0.2) is 30.7 Å². The monoisotopic (exact) mass is 151 g/mol. The average Bonchev–Trinajstić information content (AvgIpc) is 2.57. The molecule has 0 aromatic carbocycles. The van der Waals surface area contributed by atoms with Crippen LogP contribution < -0.4 is 5.73 Å². The summed E-state index contributed by atoms with van der Waals surface area (Å²) >= 11 is 0. The Balaban J connectivity index is 0.000000112. The Bertz CT molecular complexity index is 229. The van der Waals surface area contributed by atoms with E-state index in [1.807, 2.05) is 24.5 Å².